The molecule has 0 aromatic heterocycles. The lowest BCUT2D eigenvalue weighted by atomic mass is 10.1. The number of benzene rings is 2. The molecular weight excluding hydrogens is 311 g/mol. The minimum atomic E-state index is -1.62. The van der Waals surface area contributed by atoms with Crippen LogP contribution in [0.5, 0.6) is 0 Å². The highest BCUT2D eigenvalue weighted by atomic mass is 32.4. The molecule has 0 bridgehead atoms. The maximum atomic E-state index is 5.96. The van der Waals surface area contributed by atoms with E-state index in [9.17, 15) is 0 Å². The Kier molecular flexibility index (Phi) is 4.72. The smallest absolute Gasteiger partial charge is 0.0787 e. The van der Waals surface area contributed by atoms with E-state index in [0.717, 1.165) is 30.4 Å². The molecule has 2 N–H and O–H groups in total. The lowest BCUT2D eigenvalue weighted by molar-refractivity contribution is 0.0995. The highest BCUT2D eigenvalue weighted by molar-refractivity contribution is 8.14. The summed E-state index contributed by atoms with van der Waals surface area (Å²) in [6, 6.07) is 11.1. The summed E-state index contributed by atoms with van der Waals surface area (Å²) in [4.78, 5) is 0. The van der Waals surface area contributed by atoms with E-state index in [2.05, 4.69) is 60.9 Å². The van der Waals surface area contributed by atoms with E-state index in [1.165, 1.54) is 10.8 Å². The van der Waals surface area contributed by atoms with E-state index in [1.54, 1.807) is 0 Å². The molecule has 3 nitrogen and oxygen atoms in total. The first kappa shape index (κ1) is 15.8. The van der Waals surface area contributed by atoms with Gasteiger partial charge in [0.2, 0.25) is 0 Å². The highest BCUT2D eigenvalue weighted by Crippen LogP contribution is 2.48. The summed E-state index contributed by atoms with van der Waals surface area (Å²) in [6.07, 6.45) is 3.66. The van der Waals surface area contributed by atoms with Crippen LogP contribution in [0, 0.1) is 0 Å². The minimum Gasteiger partial charge on any atom is -0.380 e. The fourth-order valence-corrected chi connectivity index (χ4v) is 4.93. The Hall–Kier alpha value is -1.09. The van der Waals surface area contributed by atoms with Crippen molar-refractivity contribution in [1.29, 1.82) is 0 Å². The summed E-state index contributed by atoms with van der Waals surface area (Å²) in [5, 5.41) is 9.68. The summed E-state index contributed by atoms with van der Waals surface area (Å²) in [7, 11) is 0. The number of rotatable bonds is 4. The lowest BCUT2D eigenvalue weighted by Gasteiger charge is -2.29. The van der Waals surface area contributed by atoms with Gasteiger partial charge in [0, 0.05) is 35.4 Å². The van der Waals surface area contributed by atoms with Crippen LogP contribution < -0.4 is 10.6 Å². The maximum absolute atomic E-state index is 5.96. The van der Waals surface area contributed by atoms with Crippen molar-refractivity contribution in [3.8, 4) is 0 Å². The van der Waals surface area contributed by atoms with Gasteiger partial charge in [0.25, 0.3) is 0 Å². The highest BCUT2D eigenvalue weighted by Gasteiger charge is 2.22. The molecule has 0 saturated carbocycles. The predicted octanol–water partition coefficient (Wildman–Crippen LogP) is 4.84. The van der Waals surface area contributed by atoms with Gasteiger partial charge in [-0.15, -0.1) is 0 Å². The molecule has 0 radical (unpaired) electrons. The SMILES string of the molecule is CCC(C)OCP1(=S)CNc2cccc3cccc(c23)NC1. The molecule has 118 valence electrons. The summed E-state index contributed by atoms with van der Waals surface area (Å²) < 4.78 is 5.96. The molecule has 1 unspecified atom stereocenters. The number of hydrogen-bond donors (Lipinski definition) is 2. The fourth-order valence-electron chi connectivity index (χ4n) is 2.62. The van der Waals surface area contributed by atoms with Crippen molar-refractivity contribution >= 4 is 40.0 Å². The van der Waals surface area contributed by atoms with Gasteiger partial charge in [-0.25, -0.2) is 0 Å². The number of nitrogens with one attached hydrogen (secondary N) is 2. The van der Waals surface area contributed by atoms with Gasteiger partial charge < -0.3 is 15.4 Å². The van der Waals surface area contributed by atoms with Crippen molar-refractivity contribution in [2.75, 3.05) is 29.6 Å². The lowest BCUT2D eigenvalue weighted by Crippen LogP contribution is -2.19. The Labute approximate surface area is 137 Å². The summed E-state index contributed by atoms with van der Waals surface area (Å²) >= 11 is 5.96. The molecule has 2 aromatic carbocycles. The summed E-state index contributed by atoms with van der Waals surface area (Å²) in [5.41, 5.74) is 2.33. The van der Waals surface area contributed by atoms with E-state index < -0.39 is 6.04 Å². The Morgan fingerprint density at radius 3 is 2.27 bits per heavy atom. The molecule has 1 aliphatic heterocycles. The van der Waals surface area contributed by atoms with Crippen LogP contribution in [0.25, 0.3) is 10.8 Å². The first-order valence-corrected chi connectivity index (χ1v) is 11.2. The summed E-state index contributed by atoms with van der Waals surface area (Å²) in [6.45, 7) is 4.26. The van der Waals surface area contributed by atoms with Crippen molar-refractivity contribution in [3.63, 3.8) is 0 Å². The van der Waals surface area contributed by atoms with Crippen molar-refractivity contribution < 1.29 is 4.74 Å². The van der Waals surface area contributed by atoms with Crippen LogP contribution in [-0.2, 0) is 16.5 Å². The molecule has 5 heteroatoms. The van der Waals surface area contributed by atoms with E-state index in [1.807, 2.05) is 0 Å². The second kappa shape index (κ2) is 6.57. The van der Waals surface area contributed by atoms with Crippen LogP contribution in [0.1, 0.15) is 20.3 Å². The normalized spacial score (nSPS) is 17.9. The van der Waals surface area contributed by atoms with Crippen LogP contribution >= 0.6 is 6.04 Å². The van der Waals surface area contributed by atoms with Gasteiger partial charge in [-0.3, -0.25) is 0 Å². The fraction of sp³-hybridized carbons (Fsp3) is 0.412. The largest absolute Gasteiger partial charge is 0.380 e. The molecule has 3 rings (SSSR count). The third-order valence-corrected chi connectivity index (χ3v) is 7.37. The van der Waals surface area contributed by atoms with Crippen LogP contribution in [0.4, 0.5) is 11.4 Å². The first-order valence-electron chi connectivity index (χ1n) is 7.79. The second-order valence-corrected chi connectivity index (χ2v) is 11.3. The molecule has 22 heavy (non-hydrogen) atoms. The topological polar surface area (TPSA) is 33.3 Å². The maximum Gasteiger partial charge on any atom is 0.0787 e. The van der Waals surface area contributed by atoms with Gasteiger partial charge in [0.1, 0.15) is 0 Å². The van der Waals surface area contributed by atoms with Crippen LogP contribution in [0.3, 0.4) is 0 Å². The third kappa shape index (κ3) is 3.29. The van der Waals surface area contributed by atoms with Gasteiger partial charge in [-0.1, -0.05) is 43.0 Å². The average molecular weight is 334 g/mol. The Bertz CT molecular complexity index is 672. The molecule has 0 fully saturated rings. The van der Waals surface area contributed by atoms with Crippen molar-refractivity contribution in [1.82, 2.24) is 0 Å². The second-order valence-electron chi connectivity index (χ2n) is 5.95. The van der Waals surface area contributed by atoms with Crippen LogP contribution in [0.2, 0.25) is 0 Å². The third-order valence-electron chi connectivity index (χ3n) is 4.19. The standard InChI is InChI=1S/C17H23N2OPS/c1-3-13(2)20-12-21(22)10-18-15-8-4-6-14-7-5-9-16(17(14)15)19-11-21/h4-9,13,18-19H,3,10-12H2,1-2H3. The average Bonchev–Trinajstić information content (AvgIpc) is 2.54. The zero-order valence-electron chi connectivity index (χ0n) is 13.1. The van der Waals surface area contributed by atoms with Crippen LogP contribution in [-0.4, -0.2) is 25.0 Å². The quantitative estimate of drug-likeness (QED) is 0.784. The molecule has 1 aliphatic rings. The minimum absolute atomic E-state index is 0.279. The van der Waals surface area contributed by atoms with Gasteiger partial charge in [-0.2, -0.15) is 0 Å². The molecule has 1 heterocycles. The zero-order valence-corrected chi connectivity index (χ0v) is 14.8. The first-order chi connectivity index (χ1) is 10.6. The van der Waals surface area contributed by atoms with E-state index >= 15 is 0 Å². The Morgan fingerprint density at radius 1 is 1.14 bits per heavy atom. The van der Waals surface area contributed by atoms with Gasteiger partial charge in [0.15, 0.2) is 0 Å². The molecule has 1 atom stereocenters. The molecular formula is C17H23N2OPS. The Balaban J connectivity index is 1.87. The number of anilines is 2. The molecule has 0 saturated heterocycles. The number of hydrogen-bond acceptors (Lipinski definition) is 4. The van der Waals surface area contributed by atoms with Gasteiger partial charge >= 0.3 is 0 Å². The zero-order chi connectivity index (χ0) is 15.6. The predicted molar refractivity (Wildman–Crippen MR) is 101 cm³/mol. The molecule has 0 spiro atoms. The van der Waals surface area contributed by atoms with Crippen molar-refractivity contribution in [2.45, 2.75) is 26.4 Å². The Morgan fingerprint density at radius 2 is 1.73 bits per heavy atom. The van der Waals surface area contributed by atoms with Gasteiger partial charge in [0.05, 0.1) is 12.5 Å². The monoisotopic (exact) mass is 334 g/mol. The molecule has 0 amide bonds. The molecule has 2 aromatic rings. The number of ether oxygens (including phenoxy) is 1. The van der Waals surface area contributed by atoms with Crippen molar-refractivity contribution in [2.24, 2.45) is 0 Å². The van der Waals surface area contributed by atoms with E-state index in [0.29, 0.717) is 6.35 Å². The van der Waals surface area contributed by atoms with Crippen LogP contribution in [0.15, 0.2) is 36.4 Å². The van der Waals surface area contributed by atoms with E-state index in [4.69, 9.17) is 16.5 Å². The summed E-state index contributed by atoms with van der Waals surface area (Å²) in [5.74, 6) is 0. The molecule has 0 aliphatic carbocycles. The van der Waals surface area contributed by atoms with Crippen molar-refractivity contribution in [3.05, 3.63) is 36.4 Å². The van der Waals surface area contributed by atoms with E-state index in [-0.39, 0.29) is 6.10 Å². The van der Waals surface area contributed by atoms with Gasteiger partial charge in [-0.05, 0) is 30.9 Å².